The highest BCUT2D eigenvalue weighted by atomic mass is 127. The van der Waals surface area contributed by atoms with Gasteiger partial charge in [0.05, 0.1) is 12.2 Å². The highest BCUT2D eigenvalue weighted by Gasteiger charge is 2.24. The summed E-state index contributed by atoms with van der Waals surface area (Å²) < 4.78 is 6.06. The summed E-state index contributed by atoms with van der Waals surface area (Å²) in [6.07, 6.45) is 0.702. The summed E-state index contributed by atoms with van der Waals surface area (Å²) in [6, 6.07) is 8.09. The average molecular weight is 314 g/mol. The summed E-state index contributed by atoms with van der Waals surface area (Å²) in [5.74, 6) is -0.182. The quantitative estimate of drug-likeness (QED) is 0.620. The molecular weight excluding hydrogens is 303 g/mol. The number of esters is 1. The summed E-state index contributed by atoms with van der Waals surface area (Å²) in [5, 5.41) is 0. The Kier molecular flexibility index (Phi) is 3.09. The van der Waals surface area contributed by atoms with Gasteiger partial charge in [0.1, 0.15) is 0 Å². The van der Waals surface area contributed by atoms with Crippen LogP contribution in [0.25, 0.3) is 3.58 Å². The molecule has 0 heterocycles. The van der Waals surface area contributed by atoms with E-state index in [1.165, 1.54) is 11.1 Å². The van der Waals surface area contributed by atoms with Crippen LogP contribution in [0.3, 0.4) is 0 Å². The van der Waals surface area contributed by atoms with Crippen LogP contribution < -0.4 is 0 Å². The van der Waals surface area contributed by atoms with Crippen LogP contribution in [0.2, 0.25) is 0 Å². The van der Waals surface area contributed by atoms with Gasteiger partial charge in [0.15, 0.2) is 0 Å². The van der Waals surface area contributed by atoms with Gasteiger partial charge in [-0.2, -0.15) is 0 Å². The zero-order chi connectivity index (χ0) is 10.8. The molecule has 0 amide bonds. The van der Waals surface area contributed by atoms with Crippen molar-refractivity contribution in [3.05, 3.63) is 41.0 Å². The van der Waals surface area contributed by atoms with Gasteiger partial charge in [-0.15, -0.1) is 0 Å². The van der Waals surface area contributed by atoms with Crippen LogP contribution in [0, 0.1) is 0 Å². The van der Waals surface area contributed by atoms with E-state index in [-0.39, 0.29) is 5.97 Å². The smallest absolute Gasteiger partial charge is 0.335 e. The molecule has 2 rings (SSSR count). The van der Waals surface area contributed by atoms with Gasteiger partial charge >= 0.3 is 5.97 Å². The van der Waals surface area contributed by atoms with E-state index in [4.69, 9.17) is 4.74 Å². The Hall–Kier alpha value is -0.840. The molecule has 2 nitrogen and oxygen atoms in total. The molecule has 0 saturated carbocycles. The Morgan fingerprint density at radius 3 is 2.87 bits per heavy atom. The van der Waals surface area contributed by atoms with Gasteiger partial charge in [-0.3, -0.25) is 0 Å². The van der Waals surface area contributed by atoms with Crippen molar-refractivity contribution in [1.29, 1.82) is 0 Å². The van der Waals surface area contributed by atoms with E-state index in [1.54, 1.807) is 0 Å². The first-order chi connectivity index (χ1) is 7.24. The molecule has 0 N–H and O–H groups in total. The number of hydrogen-bond donors (Lipinski definition) is 0. The second-order valence-electron chi connectivity index (χ2n) is 3.35. The maximum absolute atomic E-state index is 11.6. The van der Waals surface area contributed by atoms with Crippen LogP contribution in [0.15, 0.2) is 29.8 Å². The molecule has 0 aromatic heterocycles. The molecule has 0 atom stereocenters. The Morgan fingerprint density at radius 2 is 2.20 bits per heavy atom. The Morgan fingerprint density at radius 1 is 1.47 bits per heavy atom. The Labute approximate surface area is 102 Å². The molecule has 1 aliphatic carbocycles. The SMILES string of the molecule is CCOC(=O)C1=C(I)c2ccccc2C1. The minimum absolute atomic E-state index is 0.182. The van der Waals surface area contributed by atoms with Gasteiger partial charge in [0.25, 0.3) is 0 Å². The molecule has 0 aliphatic heterocycles. The molecule has 1 aromatic carbocycles. The van der Waals surface area contributed by atoms with Crippen LogP contribution in [-0.2, 0) is 16.0 Å². The number of fused-ring (bicyclic) bond motifs is 1. The van der Waals surface area contributed by atoms with Gasteiger partial charge in [0, 0.05) is 10.0 Å². The van der Waals surface area contributed by atoms with E-state index in [2.05, 4.69) is 28.7 Å². The number of hydrogen-bond acceptors (Lipinski definition) is 2. The average Bonchev–Trinajstić information content (AvgIpc) is 2.57. The van der Waals surface area contributed by atoms with Crippen LogP contribution in [0.5, 0.6) is 0 Å². The van der Waals surface area contributed by atoms with Crippen LogP contribution in [-0.4, -0.2) is 12.6 Å². The van der Waals surface area contributed by atoms with Gasteiger partial charge < -0.3 is 4.74 Å². The fourth-order valence-corrected chi connectivity index (χ4v) is 2.64. The van der Waals surface area contributed by atoms with E-state index in [9.17, 15) is 4.79 Å². The van der Waals surface area contributed by atoms with Crippen molar-refractivity contribution in [2.24, 2.45) is 0 Å². The Bertz CT molecular complexity index is 435. The number of rotatable bonds is 2. The van der Waals surface area contributed by atoms with E-state index in [0.29, 0.717) is 13.0 Å². The van der Waals surface area contributed by atoms with Crippen molar-refractivity contribution in [2.75, 3.05) is 6.61 Å². The first kappa shape index (κ1) is 10.7. The number of benzene rings is 1. The molecular formula is C12H11IO2. The highest BCUT2D eigenvalue weighted by Crippen LogP contribution is 2.37. The highest BCUT2D eigenvalue weighted by molar-refractivity contribution is 14.1. The summed E-state index contributed by atoms with van der Waals surface area (Å²) in [7, 11) is 0. The zero-order valence-corrected chi connectivity index (χ0v) is 10.6. The van der Waals surface area contributed by atoms with E-state index in [0.717, 1.165) is 9.15 Å². The van der Waals surface area contributed by atoms with Crippen molar-refractivity contribution in [3.63, 3.8) is 0 Å². The van der Waals surface area contributed by atoms with Gasteiger partial charge in [-0.1, -0.05) is 24.3 Å². The van der Waals surface area contributed by atoms with Crippen LogP contribution in [0.1, 0.15) is 18.1 Å². The second-order valence-corrected chi connectivity index (χ2v) is 4.43. The normalized spacial score (nSPS) is 14.0. The summed E-state index contributed by atoms with van der Waals surface area (Å²) in [4.78, 5) is 11.6. The molecule has 78 valence electrons. The van der Waals surface area contributed by atoms with Crippen LogP contribution >= 0.6 is 22.6 Å². The number of carbonyl (C=O) groups is 1. The number of halogens is 1. The molecule has 0 unspecified atom stereocenters. The van der Waals surface area contributed by atoms with E-state index < -0.39 is 0 Å². The standard InChI is InChI=1S/C12H11IO2/c1-2-15-12(14)10-7-8-5-3-4-6-9(8)11(10)13/h3-6H,2,7H2,1H3. The molecule has 0 bridgehead atoms. The van der Waals surface area contributed by atoms with Crippen molar-refractivity contribution in [1.82, 2.24) is 0 Å². The summed E-state index contributed by atoms with van der Waals surface area (Å²) in [5.41, 5.74) is 3.17. The number of carbonyl (C=O) groups excluding carboxylic acids is 1. The Balaban J connectivity index is 2.33. The minimum atomic E-state index is -0.182. The van der Waals surface area contributed by atoms with Gasteiger partial charge in [-0.05, 0) is 40.6 Å². The molecule has 0 spiro atoms. The topological polar surface area (TPSA) is 26.3 Å². The fourth-order valence-electron chi connectivity index (χ4n) is 1.70. The predicted molar refractivity (Wildman–Crippen MR) is 67.7 cm³/mol. The molecule has 0 radical (unpaired) electrons. The first-order valence-corrected chi connectivity index (χ1v) is 5.96. The third-order valence-electron chi connectivity index (χ3n) is 2.41. The molecule has 1 aliphatic rings. The fraction of sp³-hybridized carbons (Fsp3) is 0.250. The van der Waals surface area contributed by atoms with E-state index >= 15 is 0 Å². The lowest BCUT2D eigenvalue weighted by molar-refractivity contribution is -0.138. The second kappa shape index (κ2) is 4.35. The monoisotopic (exact) mass is 314 g/mol. The predicted octanol–water partition coefficient (Wildman–Crippen LogP) is 2.95. The molecule has 1 aromatic rings. The third kappa shape index (κ3) is 1.93. The summed E-state index contributed by atoms with van der Waals surface area (Å²) >= 11 is 2.22. The number of ether oxygens (including phenoxy) is 1. The van der Waals surface area contributed by atoms with E-state index in [1.807, 2.05) is 25.1 Å². The molecule has 0 fully saturated rings. The summed E-state index contributed by atoms with van der Waals surface area (Å²) in [6.45, 7) is 2.26. The van der Waals surface area contributed by atoms with Crippen LogP contribution in [0.4, 0.5) is 0 Å². The lowest BCUT2D eigenvalue weighted by Gasteiger charge is -2.02. The van der Waals surface area contributed by atoms with Gasteiger partial charge in [-0.25, -0.2) is 4.79 Å². The first-order valence-electron chi connectivity index (χ1n) is 4.88. The lowest BCUT2D eigenvalue weighted by atomic mass is 10.1. The third-order valence-corrected chi connectivity index (χ3v) is 3.64. The maximum atomic E-state index is 11.6. The van der Waals surface area contributed by atoms with Crippen molar-refractivity contribution in [3.8, 4) is 0 Å². The lowest BCUT2D eigenvalue weighted by Crippen LogP contribution is -2.07. The molecule has 15 heavy (non-hydrogen) atoms. The van der Waals surface area contributed by atoms with Gasteiger partial charge in [0.2, 0.25) is 0 Å². The molecule has 0 saturated heterocycles. The minimum Gasteiger partial charge on any atom is -0.463 e. The van der Waals surface area contributed by atoms with Crippen molar-refractivity contribution in [2.45, 2.75) is 13.3 Å². The molecule has 3 heteroatoms. The van der Waals surface area contributed by atoms with Crippen molar-refractivity contribution >= 4 is 32.1 Å². The maximum Gasteiger partial charge on any atom is 0.335 e. The largest absolute Gasteiger partial charge is 0.463 e. The zero-order valence-electron chi connectivity index (χ0n) is 8.42. The van der Waals surface area contributed by atoms with Crippen molar-refractivity contribution < 1.29 is 9.53 Å².